The fourth-order valence-electron chi connectivity index (χ4n) is 1.35. The number of hydrogen-bond donors (Lipinski definition) is 0. The maximum Gasteiger partial charge on any atom is 0.0367 e. The van der Waals surface area contributed by atoms with Crippen molar-refractivity contribution in [2.24, 2.45) is 0 Å². The third kappa shape index (κ3) is 1.96. The zero-order valence-electron chi connectivity index (χ0n) is 8.27. The highest BCUT2D eigenvalue weighted by Gasteiger charge is 1.96. The SMILES string of the molecule is CN(C)c1ccc2cnccc2c1.Cl. The molecule has 3 heteroatoms. The van der Waals surface area contributed by atoms with Crippen LogP contribution < -0.4 is 4.90 Å². The van der Waals surface area contributed by atoms with Gasteiger partial charge in [-0.25, -0.2) is 0 Å². The van der Waals surface area contributed by atoms with Crippen molar-refractivity contribution in [2.75, 3.05) is 19.0 Å². The lowest BCUT2D eigenvalue weighted by molar-refractivity contribution is 1.13. The monoisotopic (exact) mass is 208 g/mol. The summed E-state index contributed by atoms with van der Waals surface area (Å²) in [6.07, 6.45) is 3.70. The van der Waals surface area contributed by atoms with Crippen LogP contribution in [0.4, 0.5) is 5.69 Å². The van der Waals surface area contributed by atoms with Crippen molar-refractivity contribution in [1.82, 2.24) is 4.98 Å². The lowest BCUT2D eigenvalue weighted by atomic mass is 10.1. The van der Waals surface area contributed by atoms with Crippen LogP contribution in [0.1, 0.15) is 0 Å². The van der Waals surface area contributed by atoms with Crippen molar-refractivity contribution in [2.45, 2.75) is 0 Å². The second kappa shape index (κ2) is 4.29. The van der Waals surface area contributed by atoms with Gasteiger partial charge < -0.3 is 4.90 Å². The summed E-state index contributed by atoms with van der Waals surface area (Å²) < 4.78 is 0. The predicted octanol–water partition coefficient (Wildman–Crippen LogP) is 2.72. The van der Waals surface area contributed by atoms with Gasteiger partial charge in [0.05, 0.1) is 0 Å². The van der Waals surface area contributed by atoms with Crippen LogP contribution in [0.5, 0.6) is 0 Å². The molecule has 0 bridgehead atoms. The topological polar surface area (TPSA) is 16.1 Å². The molecule has 0 spiro atoms. The van der Waals surface area contributed by atoms with Gasteiger partial charge in [-0.15, -0.1) is 12.4 Å². The van der Waals surface area contributed by atoms with Gasteiger partial charge in [0.1, 0.15) is 0 Å². The van der Waals surface area contributed by atoms with Gasteiger partial charge in [-0.05, 0) is 23.6 Å². The van der Waals surface area contributed by atoms with E-state index in [1.165, 1.54) is 16.5 Å². The Labute approximate surface area is 90.0 Å². The molecule has 1 aromatic carbocycles. The molecule has 0 aliphatic heterocycles. The van der Waals surface area contributed by atoms with Crippen LogP contribution in [0.25, 0.3) is 10.8 Å². The molecule has 0 N–H and O–H groups in total. The second-order valence-electron chi connectivity index (χ2n) is 3.30. The van der Waals surface area contributed by atoms with E-state index in [4.69, 9.17) is 0 Å². The number of benzene rings is 1. The molecule has 0 unspecified atom stereocenters. The van der Waals surface area contributed by atoms with Crippen molar-refractivity contribution in [3.05, 3.63) is 36.7 Å². The quantitative estimate of drug-likeness (QED) is 0.717. The van der Waals surface area contributed by atoms with Crippen molar-refractivity contribution in [3.8, 4) is 0 Å². The summed E-state index contributed by atoms with van der Waals surface area (Å²) in [5.74, 6) is 0. The Morgan fingerprint density at radius 1 is 1.07 bits per heavy atom. The summed E-state index contributed by atoms with van der Waals surface area (Å²) in [7, 11) is 4.09. The van der Waals surface area contributed by atoms with Crippen LogP contribution in [-0.2, 0) is 0 Å². The Morgan fingerprint density at radius 2 is 1.86 bits per heavy atom. The van der Waals surface area contributed by atoms with Gasteiger partial charge in [0.15, 0.2) is 0 Å². The average Bonchev–Trinajstić information content (AvgIpc) is 2.17. The van der Waals surface area contributed by atoms with Gasteiger partial charge in [0.2, 0.25) is 0 Å². The molecule has 14 heavy (non-hydrogen) atoms. The van der Waals surface area contributed by atoms with Crippen LogP contribution in [0.2, 0.25) is 0 Å². The van der Waals surface area contributed by atoms with Crippen LogP contribution in [-0.4, -0.2) is 19.1 Å². The van der Waals surface area contributed by atoms with Gasteiger partial charge in [0, 0.05) is 37.6 Å². The number of fused-ring (bicyclic) bond motifs is 1. The van der Waals surface area contributed by atoms with Crippen molar-refractivity contribution in [1.29, 1.82) is 0 Å². The molecule has 0 saturated heterocycles. The van der Waals surface area contributed by atoms with Gasteiger partial charge in [-0.2, -0.15) is 0 Å². The van der Waals surface area contributed by atoms with E-state index < -0.39 is 0 Å². The Kier molecular flexibility index (Phi) is 3.31. The van der Waals surface area contributed by atoms with Crippen LogP contribution >= 0.6 is 12.4 Å². The molecule has 2 rings (SSSR count). The Hall–Kier alpha value is -1.28. The molecule has 0 amide bonds. The summed E-state index contributed by atoms with van der Waals surface area (Å²) in [5, 5.41) is 2.43. The standard InChI is InChI=1S/C11H12N2.ClH/c1-13(2)11-4-3-10-8-12-6-5-9(10)7-11;/h3-8H,1-2H3;1H. The molecular weight excluding hydrogens is 196 g/mol. The van der Waals surface area contributed by atoms with E-state index >= 15 is 0 Å². The first-order valence-corrected chi connectivity index (χ1v) is 4.28. The van der Waals surface area contributed by atoms with Gasteiger partial charge in [-0.3, -0.25) is 4.98 Å². The predicted molar refractivity (Wildman–Crippen MR) is 63.3 cm³/mol. The lowest BCUT2D eigenvalue weighted by Gasteiger charge is -2.12. The average molecular weight is 209 g/mol. The fourth-order valence-corrected chi connectivity index (χ4v) is 1.35. The van der Waals surface area contributed by atoms with Crippen molar-refractivity contribution >= 4 is 28.9 Å². The van der Waals surface area contributed by atoms with E-state index in [-0.39, 0.29) is 12.4 Å². The minimum absolute atomic E-state index is 0. The van der Waals surface area contributed by atoms with E-state index in [0.29, 0.717) is 0 Å². The molecule has 2 aromatic rings. The third-order valence-corrected chi connectivity index (χ3v) is 2.14. The number of aromatic nitrogens is 1. The molecule has 2 nitrogen and oxygen atoms in total. The highest BCUT2D eigenvalue weighted by Crippen LogP contribution is 2.19. The number of halogens is 1. The first kappa shape index (κ1) is 10.8. The van der Waals surface area contributed by atoms with E-state index in [2.05, 4.69) is 28.1 Å². The maximum absolute atomic E-state index is 4.07. The highest BCUT2D eigenvalue weighted by atomic mass is 35.5. The summed E-state index contributed by atoms with van der Waals surface area (Å²) in [5.41, 5.74) is 1.22. The Bertz CT molecular complexity index is 426. The van der Waals surface area contributed by atoms with Gasteiger partial charge in [0.25, 0.3) is 0 Å². The zero-order chi connectivity index (χ0) is 9.26. The number of pyridine rings is 1. The number of nitrogens with zero attached hydrogens (tertiary/aromatic N) is 2. The van der Waals surface area contributed by atoms with Gasteiger partial charge >= 0.3 is 0 Å². The van der Waals surface area contributed by atoms with Crippen LogP contribution in [0.15, 0.2) is 36.7 Å². The minimum Gasteiger partial charge on any atom is -0.378 e. The van der Waals surface area contributed by atoms with Crippen LogP contribution in [0, 0.1) is 0 Å². The maximum atomic E-state index is 4.07. The van der Waals surface area contributed by atoms with Gasteiger partial charge in [-0.1, -0.05) is 6.07 Å². The molecule has 0 atom stereocenters. The summed E-state index contributed by atoms with van der Waals surface area (Å²) in [6, 6.07) is 8.39. The van der Waals surface area contributed by atoms with E-state index in [1.54, 1.807) is 0 Å². The Balaban J connectivity index is 0.000000980. The Morgan fingerprint density at radius 3 is 2.57 bits per heavy atom. The summed E-state index contributed by atoms with van der Waals surface area (Å²) >= 11 is 0. The smallest absolute Gasteiger partial charge is 0.0367 e. The number of hydrogen-bond acceptors (Lipinski definition) is 2. The lowest BCUT2D eigenvalue weighted by Crippen LogP contribution is -2.07. The molecule has 0 aliphatic carbocycles. The second-order valence-corrected chi connectivity index (χ2v) is 3.30. The van der Waals surface area contributed by atoms with E-state index in [1.807, 2.05) is 32.6 Å². The molecule has 0 fully saturated rings. The largest absolute Gasteiger partial charge is 0.378 e. The summed E-state index contributed by atoms with van der Waals surface area (Å²) in [6.45, 7) is 0. The first-order valence-electron chi connectivity index (χ1n) is 4.28. The zero-order valence-corrected chi connectivity index (χ0v) is 9.08. The first-order chi connectivity index (χ1) is 6.27. The highest BCUT2D eigenvalue weighted by molar-refractivity contribution is 5.85. The normalized spacial score (nSPS) is 9.57. The summed E-state index contributed by atoms with van der Waals surface area (Å²) in [4.78, 5) is 6.17. The molecule has 1 heterocycles. The van der Waals surface area contributed by atoms with E-state index in [9.17, 15) is 0 Å². The molecule has 1 aromatic heterocycles. The van der Waals surface area contributed by atoms with E-state index in [0.717, 1.165) is 0 Å². The fraction of sp³-hybridized carbons (Fsp3) is 0.182. The van der Waals surface area contributed by atoms with Crippen LogP contribution in [0.3, 0.4) is 0 Å². The van der Waals surface area contributed by atoms with Crippen molar-refractivity contribution in [3.63, 3.8) is 0 Å². The molecule has 0 radical (unpaired) electrons. The van der Waals surface area contributed by atoms with Crippen molar-refractivity contribution < 1.29 is 0 Å². The number of rotatable bonds is 1. The molecule has 0 aliphatic rings. The molecule has 74 valence electrons. The molecule has 0 saturated carbocycles. The minimum atomic E-state index is 0. The third-order valence-electron chi connectivity index (χ3n) is 2.14. The molecular formula is C11H13ClN2. The number of anilines is 1.